The Hall–Kier alpha value is -1.66. The molecule has 3 rings (SSSR count). The van der Waals surface area contributed by atoms with E-state index >= 15 is 0 Å². The summed E-state index contributed by atoms with van der Waals surface area (Å²) < 4.78 is 11.5. The Kier molecular flexibility index (Phi) is 3.85. The average molecular weight is 270 g/mol. The van der Waals surface area contributed by atoms with Crippen LogP contribution >= 0.6 is 0 Å². The molecule has 1 aliphatic rings. The van der Waals surface area contributed by atoms with Crippen molar-refractivity contribution < 1.29 is 19.5 Å². The fourth-order valence-electron chi connectivity index (χ4n) is 2.25. The Balaban J connectivity index is 1.71. The SMILES string of the molecule is OB(O)c1ccc([C@@H]2OC[C@@H](c3ccccc3)O2)cc1. The summed E-state index contributed by atoms with van der Waals surface area (Å²) in [4.78, 5) is 0. The molecule has 0 bridgehead atoms. The molecule has 0 amide bonds. The summed E-state index contributed by atoms with van der Waals surface area (Å²) in [5, 5.41) is 18.1. The van der Waals surface area contributed by atoms with Crippen LogP contribution in [0.4, 0.5) is 0 Å². The second-order valence-electron chi connectivity index (χ2n) is 4.74. The van der Waals surface area contributed by atoms with E-state index in [1.807, 2.05) is 30.3 Å². The van der Waals surface area contributed by atoms with E-state index in [2.05, 4.69) is 0 Å². The molecule has 0 radical (unpaired) electrons. The maximum absolute atomic E-state index is 9.06. The van der Waals surface area contributed by atoms with Crippen molar-refractivity contribution in [1.29, 1.82) is 0 Å². The highest BCUT2D eigenvalue weighted by Gasteiger charge is 2.28. The second-order valence-corrected chi connectivity index (χ2v) is 4.74. The summed E-state index contributed by atoms with van der Waals surface area (Å²) in [5.41, 5.74) is 2.41. The Morgan fingerprint density at radius 2 is 1.60 bits per heavy atom. The molecule has 0 unspecified atom stereocenters. The van der Waals surface area contributed by atoms with Gasteiger partial charge in [0, 0.05) is 5.56 Å². The third kappa shape index (κ3) is 2.76. The van der Waals surface area contributed by atoms with Gasteiger partial charge in [-0.05, 0) is 11.0 Å². The number of ether oxygens (including phenoxy) is 2. The van der Waals surface area contributed by atoms with E-state index in [0.29, 0.717) is 12.1 Å². The first kappa shape index (κ1) is 13.3. The van der Waals surface area contributed by atoms with Gasteiger partial charge in [-0.15, -0.1) is 0 Å². The van der Waals surface area contributed by atoms with Gasteiger partial charge in [-0.25, -0.2) is 0 Å². The molecule has 0 spiro atoms. The lowest BCUT2D eigenvalue weighted by atomic mass is 9.80. The van der Waals surface area contributed by atoms with E-state index in [-0.39, 0.29) is 6.10 Å². The van der Waals surface area contributed by atoms with E-state index in [0.717, 1.165) is 11.1 Å². The van der Waals surface area contributed by atoms with Crippen LogP contribution in [0.5, 0.6) is 0 Å². The molecule has 1 heterocycles. The first-order valence-electron chi connectivity index (χ1n) is 6.52. The van der Waals surface area contributed by atoms with Crippen LogP contribution in [0.15, 0.2) is 54.6 Å². The third-order valence-electron chi connectivity index (χ3n) is 3.36. The third-order valence-corrected chi connectivity index (χ3v) is 3.36. The molecular weight excluding hydrogens is 255 g/mol. The van der Waals surface area contributed by atoms with Gasteiger partial charge in [0.25, 0.3) is 0 Å². The molecule has 5 heteroatoms. The number of rotatable bonds is 3. The minimum Gasteiger partial charge on any atom is -0.423 e. The topological polar surface area (TPSA) is 58.9 Å². The summed E-state index contributed by atoms with van der Waals surface area (Å²) in [6.07, 6.45) is -0.477. The highest BCUT2D eigenvalue weighted by atomic mass is 16.7. The zero-order valence-electron chi connectivity index (χ0n) is 10.8. The van der Waals surface area contributed by atoms with Crippen LogP contribution in [0.3, 0.4) is 0 Å². The maximum Gasteiger partial charge on any atom is 0.488 e. The van der Waals surface area contributed by atoms with E-state index < -0.39 is 13.4 Å². The van der Waals surface area contributed by atoms with Gasteiger partial charge in [0.05, 0.1) is 6.61 Å². The van der Waals surface area contributed by atoms with Gasteiger partial charge in [-0.1, -0.05) is 54.6 Å². The van der Waals surface area contributed by atoms with Crippen LogP contribution in [0.2, 0.25) is 0 Å². The molecule has 2 N–H and O–H groups in total. The van der Waals surface area contributed by atoms with Crippen molar-refractivity contribution >= 4 is 12.6 Å². The van der Waals surface area contributed by atoms with E-state index in [1.54, 1.807) is 24.3 Å². The van der Waals surface area contributed by atoms with Gasteiger partial charge < -0.3 is 19.5 Å². The van der Waals surface area contributed by atoms with Crippen LogP contribution in [0.1, 0.15) is 23.5 Å². The van der Waals surface area contributed by atoms with Crippen molar-refractivity contribution in [2.75, 3.05) is 6.61 Å². The Morgan fingerprint density at radius 1 is 0.900 bits per heavy atom. The molecule has 0 aromatic heterocycles. The van der Waals surface area contributed by atoms with Crippen LogP contribution in [-0.2, 0) is 9.47 Å². The summed E-state index contributed by atoms with van der Waals surface area (Å²) in [6, 6.07) is 16.8. The fourth-order valence-corrected chi connectivity index (χ4v) is 2.25. The Morgan fingerprint density at radius 3 is 2.25 bits per heavy atom. The van der Waals surface area contributed by atoms with E-state index in [1.165, 1.54) is 0 Å². The lowest BCUT2D eigenvalue weighted by Crippen LogP contribution is -2.29. The summed E-state index contributed by atoms with van der Waals surface area (Å²) in [7, 11) is -1.45. The molecular formula is C15H15BO4. The van der Waals surface area contributed by atoms with Gasteiger partial charge in [0.15, 0.2) is 6.29 Å². The van der Waals surface area contributed by atoms with Crippen molar-refractivity contribution in [2.24, 2.45) is 0 Å². The number of benzene rings is 2. The Labute approximate surface area is 117 Å². The van der Waals surface area contributed by atoms with E-state index in [9.17, 15) is 0 Å². The van der Waals surface area contributed by atoms with Crippen LogP contribution in [0, 0.1) is 0 Å². The van der Waals surface area contributed by atoms with Crippen LogP contribution in [0.25, 0.3) is 0 Å². The first-order valence-corrected chi connectivity index (χ1v) is 6.52. The normalized spacial score (nSPS) is 21.9. The quantitative estimate of drug-likeness (QED) is 0.821. The Bertz CT molecular complexity index is 556. The monoisotopic (exact) mass is 270 g/mol. The standard InChI is InChI=1S/C15H15BO4/c17-16(18)13-8-6-12(7-9-13)15-19-10-14(20-15)11-4-2-1-3-5-11/h1-9,14-15,17-18H,10H2/t14-,15+/m0/s1. The van der Waals surface area contributed by atoms with Crippen molar-refractivity contribution in [2.45, 2.75) is 12.4 Å². The highest BCUT2D eigenvalue weighted by Crippen LogP contribution is 2.34. The minimum absolute atomic E-state index is 0.0655. The summed E-state index contributed by atoms with van der Waals surface area (Å²) in [5.74, 6) is 0. The van der Waals surface area contributed by atoms with Gasteiger partial charge in [0.2, 0.25) is 0 Å². The lowest BCUT2D eigenvalue weighted by molar-refractivity contribution is -0.0607. The molecule has 1 fully saturated rings. The summed E-state index contributed by atoms with van der Waals surface area (Å²) in [6.45, 7) is 0.513. The minimum atomic E-state index is -1.45. The van der Waals surface area contributed by atoms with Crippen LogP contribution in [-0.4, -0.2) is 23.8 Å². The van der Waals surface area contributed by atoms with Crippen molar-refractivity contribution in [1.82, 2.24) is 0 Å². The molecule has 0 saturated carbocycles. The fraction of sp³-hybridized carbons (Fsp3) is 0.200. The predicted molar refractivity (Wildman–Crippen MR) is 75.2 cm³/mol. The lowest BCUT2D eigenvalue weighted by Gasteiger charge is -2.12. The molecule has 20 heavy (non-hydrogen) atoms. The zero-order valence-corrected chi connectivity index (χ0v) is 10.8. The summed E-state index contributed by atoms with van der Waals surface area (Å²) >= 11 is 0. The number of hydrogen-bond acceptors (Lipinski definition) is 4. The number of hydrogen-bond donors (Lipinski definition) is 2. The molecule has 1 aliphatic heterocycles. The molecule has 2 aromatic carbocycles. The molecule has 102 valence electrons. The van der Waals surface area contributed by atoms with Crippen molar-refractivity contribution in [3.63, 3.8) is 0 Å². The largest absolute Gasteiger partial charge is 0.488 e. The second kappa shape index (κ2) is 5.77. The maximum atomic E-state index is 9.06. The van der Waals surface area contributed by atoms with Gasteiger partial charge >= 0.3 is 7.12 Å². The predicted octanol–water partition coefficient (Wildman–Crippen LogP) is 1.15. The van der Waals surface area contributed by atoms with Gasteiger partial charge in [-0.3, -0.25) is 0 Å². The highest BCUT2D eigenvalue weighted by molar-refractivity contribution is 6.58. The average Bonchev–Trinajstić information content (AvgIpc) is 2.98. The molecule has 0 aliphatic carbocycles. The first-order chi connectivity index (χ1) is 9.74. The van der Waals surface area contributed by atoms with Crippen molar-refractivity contribution in [3.05, 3.63) is 65.7 Å². The molecule has 1 saturated heterocycles. The zero-order chi connectivity index (χ0) is 13.9. The van der Waals surface area contributed by atoms with Crippen LogP contribution < -0.4 is 5.46 Å². The van der Waals surface area contributed by atoms with Crippen molar-refractivity contribution in [3.8, 4) is 0 Å². The van der Waals surface area contributed by atoms with E-state index in [4.69, 9.17) is 19.5 Å². The van der Waals surface area contributed by atoms with Gasteiger partial charge in [-0.2, -0.15) is 0 Å². The molecule has 2 atom stereocenters. The molecule has 4 nitrogen and oxygen atoms in total. The molecule has 2 aromatic rings. The smallest absolute Gasteiger partial charge is 0.423 e. The van der Waals surface area contributed by atoms with Gasteiger partial charge in [0.1, 0.15) is 6.10 Å².